The van der Waals surface area contributed by atoms with Crippen LogP contribution in [0.3, 0.4) is 0 Å². The maximum Gasteiger partial charge on any atom is 0.240 e. The highest BCUT2D eigenvalue weighted by Gasteiger charge is 2.29. The average Bonchev–Trinajstić information content (AvgIpc) is 2.65. The third-order valence-electron chi connectivity index (χ3n) is 4.94. The first-order chi connectivity index (χ1) is 11.7. The van der Waals surface area contributed by atoms with Crippen LogP contribution in [-0.4, -0.2) is 36.6 Å². The molecule has 1 aliphatic rings. The van der Waals surface area contributed by atoms with Crippen molar-refractivity contribution in [3.63, 3.8) is 0 Å². The lowest BCUT2D eigenvalue weighted by molar-refractivity contribution is -0.135. The summed E-state index contributed by atoms with van der Waals surface area (Å²) in [5.41, 5.74) is 7.41. The molecule has 0 bridgehead atoms. The standard InChI is InChI=1S/C20H26N2O2/c1-2-22(20(23)19(21)17-9-11-24-12-10-17)14-15-7-8-16-5-3-4-6-18(16)13-15/h3-8,13,17,19H,2,9-12,14,21H2,1H3. The average molecular weight is 326 g/mol. The first kappa shape index (κ1) is 16.9. The molecule has 4 nitrogen and oxygen atoms in total. The SMILES string of the molecule is CCN(Cc1ccc2ccccc2c1)C(=O)C(N)C1CCOCC1. The third-order valence-corrected chi connectivity index (χ3v) is 4.94. The van der Waals surface area contributed by atoms with Gasteiger partial charge in [-0.2, -0.15) is 0 Å². The third kappa shape index (κ3) is 3.77. The van der Waals surface area contributed by atoms with E-state index in [4.69, 9.17) is 10.5 Å². The van der Waals surface area contributed by atoms with Gasteiger partial charge in [0.25, 0.3) is 0 Å². The zero-order chi connectivity index (χ0) is 16.9. The Morgan fingerprint density at radius 1 is 1.21 bits per heavy atom. The molecule has 128 valence electrons. The highest BCUT2D eigenvalue weighted by molar-refractivity contribution is 5.84. The van der Waals surface area contributed by atoms with Crippen LogP contribution in [0.5, 0.6) is 0 Å². The number of carbonyl (C=O) groups excluding carboxylic acids is 1. The minimum absolute atomic E-state index is 0.0533. The summed E-state index contributed by atoms with van der Waals surface area (Å²) in [7, 11) is 0. The number of fused-ring (bicyclic) bond motifs is 1. The van der Waals surface area contributed by atoms with Gasteiger partial charge < -0.3 is 15.4 Å². The van der Waals surface area contributed by atoms with Crippen molar-refractivity contribution in [2.24, 2.45) is 11.7 Å². The molecule has 2 aromatic carbocycles. The number of likely N-dealkylation sites (N-methyl/N-ethyl adjacent to an activating group) is 1. The number of nitrogens with two attached hydrogens (primary N) is 1. The molecule has 0 aliphatic carbocycles. The van der Waals surface area contributed by atoms with Gasteiger partial charge in [-0.15, -0.1) is 0 Å². The molecule has 3 rings (SSSR count). The zero-order valence-corrected chi connectivity index (χ0v) is 14.3. The maximum absolute atomic E-state index is 12.8. The monoisotopic (exact) mass is 326 g/mol. The van der Waals surface area contributed by atoms with Crippen LogP contribution >= 0.6 is 0 Å². The van der Waals surface area contributed by atoms with Gasteiger partial charge in [0.1, 0.15) is 0 Å². The van der Waals surface area contributed by atoms with Crippen LogP contribution in [0, 0.1) is 5.92 Å². The van der Waals surface area contributed by atoms with Crippen LogP contribution in [0.2, 0.25) is 0 Å². The fraction of sp³-hybridized carbons (Fsp3) is 0.450. The van der Waals surface area contributed by atoms with E-state index < -0.39 is 6.04 Å². The van der Waals surface area contributed by atoms with Gasteiger partial charge in [-0.1, -0.05) is 36.4 Å². The van der Waals surface area contributed by atoms with Gasteiger partial charge >= 0.3 is 0 Å². The molecular weight excluding hydrogens is 300 g/mol. The van der Waals surface area contributed by atoms with Crippen molar-refractivity contribution in [1.29, 1.82) is 0 Å². The molecule has 1 atom stereocenters. The summed E-state index contributed by atoms with van der Waals surface area (Å²) < 4.78 is 5.37. The predicted octanol–water partition coefficient (Wildman–Crippen LogP) is 2.94. The van der Waals surface area contributed by atoms with Crippen molar-refractivity contribution in [2.75, 3.05) is 19.8 Å². The number of hydrogen-bond acceptors (Lipinski definition) is 3. The van der Waals surface area contributed by atoms with Crippen LogP contribution in [-0.2, 0) is 16.1 Å². The Morgan fingerprint density at radius 3 is 2.62 bits per heavy atom. The molecule has 1 fully saturated rings. The fourth-order valence-electron chi connectivity index (χ4n) is 3.39. The summed E-state index contributed by atoms with van der Waals surface area (Å²) in [6, 6.07) is 14.2. The number of nitrogens with zero attached hydrogens (tertiary/aromatic N) is 1. The molecule has 1 saturated heterocycles. The molecule has 24 heavy (non-hydrogen) atoms. The lowest BCUT2D eigenvalue weighted by atomic mass is 9.91. The molecule has 0 aromatic heterocycles. The molecule has 1 unspecified atom stereocenters. The number of rotatable bonds is 5. The van der Waals surface area contributed by atoms with E-state index in [0.717, 1.165) is 18.4 Å². The topological polar surface area (TPSA) is 55.6 Å². The molecule has 0 saturated carbocycles. The molecule has 1 heterocycles. The summed E-state index contributed by atoms with van der Waals surface area (Å²) in [5.74, 6) is 0.287. The van der Waals surface area contributed by atoms with Crippen LogP contribution in [0.1, 0.15) is 25.3 Å². The van der Waals surface area contributed by atoms with E-state index in [0.29, 0.717) is 26.3 Å². The molecule has 4 heteroatoms. The van der Waals surface area contributed by atoms with E-state index in [9.17, 15) is 4.79 Å². The molecule has 2 N–H and O–H groups in total. The first-order valence-corrected chi connectivity index (χ1v) is 8.79. The minimum atomic E-state index is -0.422. The number of amides is 1. The van der Waals surface area contributed by atoms with E-state index in [-0.39, 0.29) is 11.8 Å². The Labute approximate surface area is 143 Å². The van der Waals surface area contributed by atoms with Crippen molar-refractivity contribution in [1.82, 2.24) is 4.90 Å². The Morgan fingerprint density at radius 2 is 1.92 bits per heavy atom. The van der Waals surface area contributed by atoms with Crippen LogP contribution < -0.4 is 5.73 Å². The minimum Gasteiger partial charge on any atom is -0.381 e. The van der Waals surface area contributed by atoms with Crippen LogP contribution in [0.4, 0.5) is 0 Å². The van der Waals surface area contributed by atoms with Gasteiger partial charge in [-0.25, -0.2) is 0 Å². The van der Waals surface area contributed by atoms with E-state index >= 15 is 0 Å². The van der Waals surface area contributed by atoms with Gasteiger partial charge in [-0.3, -0.25) is 4.79 Å². The zero-order valence-electron chi connectivity index (χ0n) is 14.3. The molecule has 1 amide bonds. The van der Waals surface area contributed by atoms with E-state index in [2.05, 4.69) is 30.3 Å². The van der Waals surface area contributed by atoms with Gasteiger partial charge in [-0.05, 0) is 48.1 Å². The second-order valence-corrected chi connectivity index (χ2v) is 6.51. The lowest BCUT2D eigenvalue weighted by Crippen LogP contribution is -2.48. The molecule has 0 radical (unpaired) electrons. The van der Waals surface area contributed by atoms with Crippen molar-refractivity contribution >= 4 is 16.7 Å². The second kappa shape index (κ2) is 7.77. The van der Waals surface area contributed by atoms with Crippen molar-refractivity contribution in [2.45, 2.75) is 32.4 Å². The van der Waals surface area contributed by atoms with Gasteiger partial charge in [0.05, 0.1) is 6.04 Å². The van der Waals surface area contributed by atoms with Gasteiger partial charge in [0.15, 0.2) is 0 Å². The normalized spacial score (nSPS) is 16.9. The van der Waals surface area contributed by atoms with E-state index in [1.54, 1.807) is 0 Å². The Bertz CT molecular complexity index is 695. The Kier molecular flexibility index (Phi) is 5.48. The fourth-order valence-corrected chi connectivity index (χ4v) is 3.39. The molecule has 1 aliphatic heterocycles. The molecule has 0 spiro atoms. The summed E-state index contributed by atoms with van der Waals surface area (Å²) in [4.78, 5) is 14.7. The number of benzene rings is 2. The van der Waals surface area contributed by atoms with Crippen molar-refractivity contribution < 1.29 is 9.53 Å². The van der Waals surface area contributed by atoms with Crippen LogP contribution in [0.15, 0.2) is 42.5 Å². The quantitative estimate of drug-likeness (QED) is 0.919. The summed E-state index contributed by atoms with van der Waals surface area (Å²) in [5, 5.41) is 2.42. The molecule has 2 aromatic rings. The Balaban J connectivity index is 1.71. The van der Waals surface area contributed by atoms with E-state index in [1.165, 1.54) is 10.8 Å². The van der Waals surface area contributed by atoms with Crippen LogP contribution in [0.25, 0.3) is 10.8 Å². The summed E-state index contributed by atoms with van der Waals surface area (Å²) in [6.07, 6.45) is 1.75. The van der Waals surface area contributed by atoms with Gasteiger partial charge in [0.2, 0.25) is 5.91 Å². The van der Waals surface area contributed by atoms with Crippen molar-refractivity contribution in [3.05, 3.63) is 48.0 Å². The summed E-state index contributed by atoms with van der Waals surface area (Å²) >= 11 is 0. The lowest BCUT2D eigenvalue weighted by Gasteiger charge is -2.31. The predicted molar refractivity (Wildman–Crippen MR) is 96.6 cm³/mol. The largest absolute Gasteiger partial charge is 0.381 e. The molecular formula is C20H26N2O2. The van der Waals surface area contributed by atoms with Crippen molar-refractivity contribution in [3.8, 4) is 0 Å². The van der Waals surface area contributed by atoms with Gasteiger partial charge in [0, 0.05) is 26.3 Å². The highest BCUT2D eigenvalue weighted by atomic mass is 16.5. The maximum atomic E-state index is 12.8. The number of hydrogen-bond donors (Lipinski definition) is 1. The number of ether oxygens (including phenoxy) is 1. The smallest absolute Gasteiger partial charge is 0.240 e. The first-order valence-electron chi connectivity index (χ1n) is 8.79. The Hall–Kier alpha value is -1.91. The highest BCUT2D eigenvalue weighted by Crippen LogP contribution is 2.21. The summed E-state index contributed by atoms with van der Waals surface area (Å²) in [6.45, 7) is 4.71. The van der Waals surface area contributed by atoms with E-state index in [1.807, 2.05) is 24.0 Å². The second-order valence-electron chi connectivity index (χ2n) is 6.51. The number of carbonyl (C=O) groups is 1.